The van der Waals surface area contributed by atoms with E-state index in [0.717, 1.165) is 12.8 Å². The van der Waals surface area contributed by atoms with Crippen molar-refractivity contribution >= 4 is 33.8 Å². The number of ether oxygens (including phenoxy) is 3. The molecular weight excluding hydrogens is 456 g/mol. The molecule has 0 radical (unpaired) electrons. The van der Waals surface area contributed by atoms with E-state index in [2.05, 4.69) is 0 Å². The minimum atomic E-state index is -4.29. The van der Waals surface area contributed by atoms with E-state index < -0.39 is 69.8 Å². The predicted molar refractivity (Wildman–Crippen MR) is 107 cm³/mol. The molecule has 1 aliphatic heterocycles. The summed E-state index contributed by atoms with van der Waals surface area (Å²) in [6.07, 6.45) is 2.55. The zero-order chi connectivity index (χ0) is 23.3. The summed E-state index contributed by atoms with van der Waals surface area (Å²) in [5.74, 6) is -4.16. The third-order valence-corrected chi connectivity index (χ3v) is 9.76. The molecule has 7 fully saturated rings. The molecule has 8 atom stereocenters. The largest absolute Gasteiger partial charge is 0.464 e. The molecule has 7 unspecified atom stereocenters. The molecule has 10 nitrogen and oxygen atoms in total. The van der Waals surface area contributed by atoms with E-state index in [-0.39, 0.29) is 29.5 Å². The first-order valence-corrected chi connectivity index (χ1v) is 13.2. The monoisotopic (exact) mass is 482 g/mol. The number of carbonyl (C=O) groups is 4. The second kappa shape index (κ2) is 7.00. The van der Waals surface area contributed by atoms with Crippen LogP contribution in [0.2, 0.25) is 0 Å². The van der Waals surface area contributed by atoms with Crippen LogP contribution in [0, 0.1) is 46.8 Å². The van der Waals surface area contributed by atoms with Crippen LogP contribution in [0.4, 0.5) is 0 Å². The summed E-state index contributed by atoms with van der Waals surface area (Å²) in [7, 11) is -4.29. The molecule has 1 saturated heterocycles. The van der Waals surface area contributed by atoms with E-state index in [0.29, 0.717) is 31.6 Å². The molecule has 6 aliphatic carbocycles. The van der Waals surface area contributed by atoms with Gasteiger partial charge in [0.2, 0.25) is 0 Å². The highest BCUT2D eigenvalue weighted by Crippen LogP contribution is 2.62. The lowest BCUT2D eigenvalue weighted by Gasteiger charge is -2.54. The van der Waals surface area contributed by atoms with Crippen LogP contribution in [-0.4, -0.2) is 61.2 Å². The molecule has 7 aliphatic rings. The number of Topliss-reactive ketones (excluding diaryl/α,β-unsaturated/α-hetero) is 1. The van der Waals surface area contributed by atoms with Gasteiger partial charge in [-0.2, -0.15) is 8.42 Å². The van der Waals surface area contributed by atoms with Crippen molar-refractivity contribution in [2.45, 2.75) is 50.7 Å². The average Bonchev–Trinajstić information content (AvgIpc) is 3.34. The number of hydrogen-bond donors (Lipinski definition) is 1. The van der Waals surface area contributed by atoms with Crippen molar-refractivity contribution in [2.24, 2.45) is 46.8 Å². The minimum Gasteiger partial charge on any atom is -0.464 e. The van der Waals surface area contributed by atoms with E-state index >= 15 is 0 Å². The van der Waals surface area contributed by atoms with Crippen LogP contribution in [0.3, 0.4) is 0 Å². The molecule has 6 saturated carbocycles. The molecule has 7 rings (SSSR count). The summed E-state index contributed by atoms with van der Waals surface area (Å²) in [5, 5.41) is 0. The van der Waals surface area contributed by atoms with Gasteiger partial charge < -0.3 is 14.2 Å². The van der Waals surface area contributed by atoms with Gasteiger partial charge in [-0.25, -0.2) is 0 Å². The summed E-state index contributed by atoms with van der Waals surface area (Å²) >= 11 is 0. The maximum Gasteiger partial charge on any atom is 0.312 e. The molecule has 0 aromatic heterocycles. The third kappa shape index (κ3) is 3.18. The molecule has 0 aromatic carbocycles. The number of fused-ring (bicyclic) bond motifs is 1. The van der Waals surface area contributed by atoms with Gasteiger partial charge in [0, 0.05) is 23.7 Å². The van der Waals surface area contributed by atoms with Gasteiger partial charge >= 0.3 is 17.9 Å². The molecule has 180 valence electrons. The Morgan fingerprint density at radius 1 is 1.06 bits per heavy atom. The van der Waals surface area contributed by atoms with Gasteiger partial charge in [0.05, 0.1) is 17.3 Å². The normalized spacial score (nSPS) is 46.5. The smallest absolute Gasteiger partial charge is 0.312 e. The summed E-state index contributed by atoms with van der Waals surface area (Å²) in [5.41, 5.74) is -0.681. The van der Waals surface area contributed by atoms with Crippen molar-refractivity contribution in [3.8, 4) is 0 Å². The number of rotatable bonds is 6. The van der Waals surface area contributed by atoms with Crippen molar-refractivity contribution in [2.75, 3.05) is 12.4 Å². The maximum absolute atomic E-state index is 13.5. The van der Waals surface area contributed by atoms with E-state index in [1.807, 2.05) is 0 Å². The first kappa shape index (κ1) is 21.5. The number of hydrogen-bond acceptors (Lipinski definition) is 9. The quantitative estimate of drug-likeness (QED) is 0.323. The molecule has 0 spiro atoms. The van der Waals surface area contributed by atoms with Crippen molar-refractivity contribution in [3.63, 3.8) is 0 Å². The topological polar surface area (TPSA) is 150 Å². The minimum absolute atomic E-state index is 0.0805. The van der Waals surface area contributed by atoms with Crippen molar-refractivity contribution in [1.82, 2.24) is 0 Å². The Balaban J connectivity index is 1.19. The Labute approximate surface area is 190 Å². The van der Waals surface area contributed by atoms with Gasteiger partial charge in [0.25, 0.3) is 10.1 Å². The van der Waals surface area contributed by atoms with Crippen LogP contribution in [0.15, 0.2) is 0 Å². The SMILES string of the molecule is O=C1C2CC3CC1CC(C(=O)OC1C4CC5C1OC(=O)[C@@H]5C4C(=O)OCCS(=O)(=O)O)(C3)C2. The van der Waals surface area contributed by atoms with Crippen LogP contribution in [0.1, 0.15) is 38.5 Å². The Hall–Kier alpha value is -2.01. The first-order chi connectivity index (χ1) is 15.6. The van der Waals surface area contributed by atoms with Crippen molar-refractivity contribution in [1.29, 1.82) is 0 Å². The molecule has 0 amide bonds. The lowest BCUT2D eigenvalue weighted by atomic mass is 9.49. The summed E-state index contributed by atoms with van der Waals surface area (Å²) in [4.78, 5) is 51.2. The van der Waals surface area contributed by atoms with E-state index in [9.17, 15) is 27.6 Å². The van der Waals surface area contributed by atoms with Crippen molar-refractivity contribution in [3.05, 3.63) is 0 Å². The summed E-state index contributed by atoms with van der Waals surface area (Å²) < 4.78 is 47.2. The van der Waals surface area contributed by atoms with Crippen LogP contribution in [0.25, 0.3) is 0 Å². The molecule has 33 heavy (non-hydrogen) atoms. The van der Waals surface area contributed by atoms with Crippen LogP contribution >= 0.6 is 0 Å². The van der Waals surface area contributed by atoms with Crippen LogP contribution < -0.4 is 0 Å². The van der Waals surface area contributed by atoms with E-state index in [1.54, 1.807) is 0 Å². The Kier molecular flexibility index (Phi) is 4.57. The van der Waals surface area contributed by atoms with E-state index in [1.165, 1.54) is 0 Å². The van der Waals surface area contributed by atoms with E-state index in [4.69, 9.17) is 18.8 Å². The highest BCUT2D eigenvalue weighted by atomic mass is 32.2. The molecule has 1 heterocycles. The molecule has 6 bridgehead atoms. The van der Waals surface area contributed by atoms with Gasteiger partial charge in [-0.1, -0.05) is 0 Å². The highest BCUT2D eigenvalue weighted by Gasteiger charge is 2.71. The van der Waals surface area contributed by atoms with Gasteiger partial charge in [0.1, 0.15) is 30.4 Å². The molecule has 0 aromatic rings. The summed E-state index contributed by atoms with van der Waals surface area (Å²) in [6, 6.07) is 0. The lowest BCUT2D eigenvalue weighted by Crippen LogP contribution is -2.56. The number of ketones is 1. The molecular formula is C22H26O10S. The zero-order valence-corrected chi connectivity index (χ0v) is 18.7. The standard InChI is InChI=1S/C22H26O10S/c23-16-10-3-9-4-11(16)8-22(6-9,7-10)21(26)32-18-12-5-13-15(20(25)31-17(13)18)14(12)19(24)30-1-2-33(27,28)29/h9-15,17-18H,1-8H2,(H,27,28,29)/t9?,10?,11?,12?,13?,14?,15-,17?,18?,22?/m0/s1. The zero-order valence-electron chi connectivity index (χ0n) is 17.9. The fourth-order valence-corrected chi connectivity index (χ4v) is 8.35. The van der Waals surface area contributed by atoms with Gasteiger partial charge in [-0.15, -0.1) is 0 Å². The fraction of sp³-hybridized carbons (Fsp3) is 0.818. The Bertz CT molecular complexity index is 1030. The van der Waals surface area contributed by atoms with Gasteiger partial charge in [-0.3, -0.25) is 23.7 Å². The first-order valence-electron chi connectivity index (χ1n) is 11.6. The maximum atomic E-state index is 13.5. The van der Waals surface area contributed by atoms with Crippen molar-refractivity contribution < 1.29 is 46.4 Å². The van der Waals surface area contributed by atoms with Gasteiger partial charge in [0.15, 0.2) is 0 Å². The second-order valence-corrected chi connectivity index (χ2v) is 12.4. The van der Waals surface area contributed by atoms with Crippen LogP contribution in [0.5, 0.6) is 0 Å². The third-order valence-electron chi connectivity index (χ3n) is 9.07. The predicted octanol–water partition coefficient (Wildman–Crippen LogP) is 0.532. The number of carbonyl (C=O) groups excluding carboxylic acids is 4. The second-order valence-electron chi connectivity index (χ2n) is 10.9. The molecule has 11 heteroatoms. The average molecular weight is 483 g/mol. The Morgan fingerprint density at radius 3 is 2.42 bits per heavy atom. The highest BCUT2D eigenvalue weighted by molar-refractivity contribution is 7.85. The van der Waals surface area contributed by atoms with Gasteiger partial charge in [-0.05, 0) is 44.4 Å². The fourth-order valence-electron chi connectivity index (χ4n) is 8.06. The lowest BCUT2D eigenvalue weighted by molar-refractivity contribution is -0.188. The number of esters is 3. The molecule has 1 N–H and O–H groups in total. The van der Waals surface area contributed by atoms with Crippen LogP contribution in [-0.2, 0) is 43.5 Å². The summed E-state index contributed by atoms with van der Waals surface area (Å²) in [6.45, 7) is -0.525. The Morgan fingerprint density at radius 2 is 1.76 bits per heavy atom.